The first-order chi connectivity index (χ1) is 11.4. The maximum atomic E-state index is 12.2. The van der Waals surface area contributed by atoms with Crippen LogP contribution < -0.4 is 10.6 Å². The van der Waals surface area contributed by atoms with E-state index < -0.39 is 12.1 Å². The number of ether oxygens (including phenoxy) is 1. The number of amides is 2. The third-order valence-corrected chi connectivity index (χ3v) is 3.44. The molecule has 0 aromatic heterocycles. The van der Waals surface area contributed by atoms with Crippen molar-refractivity contribution in [3.05, 3.63) is 41.5 Å². The Morgan fingerprint density at radius 3 is 2.50 bits per heavy atom. The van der Waals surface area contributed by atoms with Gasteiger partial charge >= 0.3 is 12.1 Å². The number of hydrogen-bond donors (Lipinski definition) is 2. The van der Waals surface area contributed by atoms with Gasteiger partial charge in [0.05, 0.1) is 13.2 Å². The van der Waals surface area contributed by atoms with Crippen molar-refractivity contribution in [1.29, 1.82) is 0 Å². The molecule has 1 fully saturated rings. The van der Waals surface area contributed by atoms with E-state index in [0.29, 0.717) is 37.3 Å². The van der Waals surface area contributed by atoms with Gasteiger partial charge in [-0.3, -0.25) is 9.59 Å². The Bertz CT molecular complexity index is 634. The van der Waals surface area contributed by atoms with Crippen LogP contribution in [0.3, 0.4) is 0 Å². The van der Waals surface area contributed by atoms with E-state index in [1.165, 1.54) is 12.1 Å². The zero-order valence-corrected chi connectivity index (χ0v) is 12.8. The molecule has 130 valence electrons. The molecule has 1 saturated heterocycles. The van der Waals surface area contributed by atoms with Crippen molar-refractivity contribution in [3.63, 3.8) is 0 Å². The van der Waals surface area contributed by atoms with E-state index in [2.05, 4.69) is 5.32 Å². The number of benzene rings is 1. The Labute approximate surface area is 136 Å². The van der Waals surface area contributed by atoms with Crippen LogP contribution in [0, 0.1) is 0 Å². The molecule has 1 heterocycles. The van der Waals surface area contributed by atoms with Gasteiger partial charge in [0, 0.05) is 18.3 Å². The van der Waals surface area contributed by atoms with Crippen LogP contribution in [-0.4, -0.2) is 31.2 Å². The van der Waals surface area contributed by atoms with E-state index in [1.807, 2.05) is 0 Å². The summed E-state index contributed by atoms with van der Waals surface area (Å²) in [6.07, 6.45) is -2.10. The predicted octanol–water partition coefficient (Wildman–Crippen LogP) is 2.54. The van der Waals surface area contributed by atoms with Crippen molar-refractivity contribution >= 4 is 17.5 Å². The highest BCUT2D eigenvalue weighted by molar-refractivity contribution is 6.00. The Morgan fingerprint density at radius 1 is 1.17 bits per heavy atom. The van der Waals surface area contributed by atoms with Crippen LogP contribution in [0.15, 0.2) is 35.9 Å². The lowest BCUT2D eigenvalue weighted by Crippen LogP contribution is -2.36. The fraction of sp³-hybridized carbons (Fsp3) is 0.375. The van der Waals surface area contributed by atoms with E-state index in [4.69, 9.17) is 4.74 Å². The number of nitrogens with one attached hydrogen (secondary N) is 2. The van der Waals surface area contributed by atoms with Gasteiger partial charge in [0.2, 0.25) is 5.91 Å². The predicted molar refractivity (Wildman–Crippen MR) is 81.1 cm³/mol. The number of halogens is 3. The average molecular weight is 342 g/mol. The number of anilines is 1. The molecule has 24 heavy (non-hydrogen) atoms. The molecule has 2 amide bonds. The van der Waals surface area contributed by atoms with Crippen LogP contribution in [0.1, 0.15) is 18.4 Å². The van der Waals surface area contributed by atoms with Crippen molar-refractivity contribution in [1.82, 2.24) is 5.32 Å². The van der Waals surface area contributed by atoms with Gasteiger partial charge in [-0.15, -0.1) is 0 Å². The molecular weight excluding hydrogens is 325 g/mol. The number of rotatable bonds is 4. The molecule has 8 heteroatoms. The van der Waals surface area contributed by atoms with Crippen LogP contribution in [0.2, 0.25) is 0 Å². The maximum Gasteiger partial charge on any atom is 0.471 e. The summed E-state index contributed by atoms with van der Waals surface area (Å²) in [7, 11) is 0. The van der Waals surface area contributed by atoms with E-state index >= 15 is 0 Å². The van der Waals surface area contributed by atoms with Gasteiger partial charge in [0.15, 0.2) is 0 Å². The van der Waals surface area contributed by atoms with Crippen LogP contribution in [-0.2, 0) is 20.9 Å². The summed E-state index contributed by atoms with van der Waals surface area (Å²) in [5.74, 6) is -2.38. The first kappa shape index (κ1) is 18.0. The average Bonchev–Trinajstić information content (AvgIpc) is 2.53. The van der Waals surface area contributed by atoms with Gasteiger partial charge in [-0.2, -0.15) is 13.2 Å². The minimum absolute atomic E-state index is 0.334. The van der Waals surface area contributed by atoms with E-state index in [1.54, 1.807) is 23.5 Å². The molecule has 2 rings (SSSR count). The minimum atomic E-state index is -4.94. The summed E-state index contributed by atoms with van der Waals surface area (Å²) >= 11 is 0. The summed E-state index contributed by atoms with van der Waals surface area (Å²) in [6.45, 7) is 0.803. The van der Waals surface area contributed by atoms with Crippen molar-refractivity contribution < 1.29 is 27.5 Å². The quantitative estimate of drug-likeness (QED) is 0.827. The second-order valence-corrected chi connectivity index (χ2v) is 5.24. The lowest BCUT2D eigenvalue weighted by molar-refractivity contribution is -0.173. The molecule has 1 aromatic carbocycles. The van der Waals surface area contributed by atoms with Crippen molar-refractivity contribution in [2.24, 2.45) is 0 Å². The van der Waals surface area contributed by atoms with Crippen LogP contribution in [0.5, 0.6) is 0 Å². The number of carbonyl (C=O) groups excluding carboxylic acids is 2. The Kier molecular flexibility index (Phi) is 5.97. The Hall–Kier alpha value is -2.35. The lowest BCUT2D eigenvalue weighted by atomic mass is 10.1. The first-order valence-corrected chi connectivity index (χ1v) is 7.37. The highest BCUT2D eigenvalue weighted by Crippen LogP contribution is 2.18. The van der Waals surface area contributed by atoms with Crippen molar-refractivity contribution in [3.8, 4) is 0 Å². The lowest BCUT2D eigenvalue weighted by Gasteiger charge is -2.15. The number of hydrogen-bond acceptors (Lipinski definition) is 3. The number of alkyl halides is 3. The van der Waals surface area contributed by atoms with Crippen LogP contribution in [0.25, 0.3) is 0 Å². The Balaban J connectivity index is 2.00. The maximum absolute atomic E-state index is 12.2. The van der Waals surface area contributed by atoms with E-state index in [9.17, 15) is 22.8 Å². The smallest absolute Gasteiger partial charge is 0.381 e. The molecule has 1 aliphatic heterocycles. The standard InChI is InChI=1S/C16H17F3N2O3/c17-16(18,19)15(23)20-10-12-3-1-2-4-13(12)21-14(22)9-11-5-7-24-8-6-11/h1-4,9H,5-8,10H2,(H,20,23)(H,21,22). The number of para-hydroxylation sites is 1. The van der Waals surface area contributed by atoms with Crippen molar-refractivity contribution in [2.45, 2.75) is 25.6 Å². The second kappa shape index (κ2) is 7.96. The SMILES string of the molecule is O=C(C=C1CCOCC1)Nc1ccccc1CNC(=O)C(F)(F)F. The molecule has 0 unspecified atom stereocenters. The zero-order chi connectivity index (χ0) is 17.6. The Morgan fingerprint density at radius 2 is 1.83 bits per heavy atom. The van der Waals surface area contributed by atoms with Gasteiger partial charge in [-0.05, 0) is 24.5 Å². The van der Waals surface area contributed by atoms with Gasteiger partial charge in [0.1, 0.15) is 0 Å². The van der Waals surface area contributed by atoms with Gasteiger partial charge in [0.25, 0.3) is 0 Å². The van der Waals surface area contributed by atoms with Gasteiger partial charge < -0.3 is 15.4 Å². The van der Waals surface area contributed by atoms with Gasteiger partial charge in [-0.25, -0.2) is 0 Å². The summed E-state index contributed by atoms with van der Waals surface area (Å²) in [5, 5.41) is 4.42. The second-order valence-electron chi connectivity index (χ2n) is 5.24. The van der Waals surface area contributed by atoms with Gasteiger partial charge in [-0.1, -0.05) is 23.8 Å². The summed E-state index contributed by atoms with van der Waals surface area (Å²) in [6, 6.07) is 6.36. The van der Waals surface area contributed by atoms with Crippen LogP contribution in [0.4, 0.5) is 18.9 Å². The van der Waals surface area contributed by atoms with E-state index in [-0.39, 0.29) is 12.5 Å². The number of carbonyl (C=O) groups is 2. The highest BCUT2D eigenvalue weighted by atomic mass is 19.4. The normalized spacial score (nSPS) is 14.9. The largest absolute Gasteiger partial charge is 0.471 e. The monoisotopic (exact) mass is 342 g/mol. The highest BCUT2D eigenvalue weighted by Gasteiger charge is 2.38. The van der Waals surface area contributed by atoms with E-state index in [0.717, 1.165) is 5.57 Å². The van der Waals surface area contributed by atoms with Crippen LogP contribution >= 0.6 is 0 Å². The molecule has 0 saturated carbocycles. The minimum Gasteiger partial charge on any atom is -0.381 e. The summed E-state index contributed by atoms with van der Waals surface area (Å²) in [5.41, 5.74) is 1.70. The fourth-order valence-corrected chi connectivity index (χ4v) is 2.20. The third-order valence-electron chi connectivity index (χ3n) is 3.44. The first-order valence-electron chi connectivity index (χ1n) is 7.37. The van der Waals surface area contributed by atoms with Crippen molar-refractivity contribution in [2.75, 3.05) is 18.5 Å². The molecule has 1 aliphatic rings. The molecule has 1 aromatic rings. The molecule has 5 nitrogen and oxygen atoms in total. The fourth-order valence-electron chi connectivity index (χ4n) is 2.20. The third kappa shape index (κ3) is 5.38. The molecule has 2 N–H and O–H groups in total. The summed E-state index contributed by atoms with van der Waals surface area (Å²) < 4.78 is 41.9. The molecule has 0 spiro atoms. The topological polar surface area (TPSA) is 67.4 Å². The molecule has 0 bridgehead atoms. The summed E-state index contributed by atoms with van der Waals surface area (Å²) in [4.78, 5) is 22.9. The molecule has 0 aliphatic carbocycles. The molecule has 0 radical (unpaired) electrons. The molecule has 0 atom stereocenters. The molecular formula is C16H17F3N2O3. The zero-order valence-electron chi connectivity index (χ0n) is 12.8.